The molecule has 0 aliphatic rings. The fraction of sp³-hybridized carbons (Fsp3) is 0.438. The first kappa shape index (κ1) is 15.6. The third kappa shape index (κ3) is 4.11. The lowest BCUT2D eigenvalue weighted by molar-refractivity contribution is 0.156. The number of rotatable bonds is 6. The van der Waals surface area contributed by atoms with E-state index in [2.05, 4.69) is 24.1 Å². The van der Waals surface area contributed by atoms with Crippen molar-refractivity contribution in [2.75, 3.05) is 18.5 Å². The van der Waals surface area contributed by atoms with Crippen molar-refractivity contribution in [2.45, 2.75) is 32.9 Å². The summed E-state index contributed by atoms with van der Waals surface area (Å²) in [5, 5.41) is 5.22. The van der Waals surface area contributed by atoms with Gasteiger partial charge < -0.3 is 10.2 Å². The Hall–Kier alpha value is -1.75. The summed E-state index contributed by atoms with van der Waals surface area (Å²) < 4.78 is 25.3. The van der Waals surface area contributed by atoms with Crippen LogP contribution in [0.2, 0.25) is 0 Å². The summed E-state index contributed by atoms with van der Waals surface area (Å²) in [6.45, 7) is 4.42. The van der Waals surface area contributed by atoms with E-state index in [0.717, 1.165) is 16.5 Å². The summed E-state index contributed by atoms with van der Waals surface area (Å²) in [5.41, 5.74) is 0.860. The Labute approximate surface area is 124 Å². The lowest BCUT2D eigenvalue weighted by Crippen LogP contribution is -2.26. The van der Waals surface area contributed by atoms with Gasteiger partial charge in [-0.3, -0.25) is 0 Å². The van der Waals surface area contributed by atoms with Gasteiger partial charge in [0.05, 0.1) is 12.2 Å². The highest BCUT2D eigenvalue weighted by atomic mass is 19.3. The van der Waals surface area contributed by atoms with E-state index in [4.69, 9.17) is 0 Å². The molecule has 0 aliphatic carbocycles. The van der Waals surface area contributed by atoms with Crippen molar-refractivity contribution in [3.8, 4) is 0 Å². The van der Waals surface area contributed by atoms with Crippen LogP contribution in [0.15, 0.2) is 30.3 Å². The standard InChI is InChI=1S/C16H21F2N3/c1-11(2)19-9-13-8-12-6-4-5-7-14(12)16(20-13)21(3)10-15(17)18/h4-8,11,15,19H,9-10H2,1-3H3. The molecule has 1 aromatic carbocycles. The van der Waals surface area contributed by atoms with Crippen LogP contribution in [0.3, 0.4) is 0 Å². The van der Waals surface area contributed by atoms with Crippen LogP contribution in [0.1, 0.15) is 19.5 Å². The molecule has 0 fully saturated rings. The number of hydrogen-bond donors (Lipinski definition) is 1. The molecule has 2 rings (SSSR count). The number of halogens is 2. The van der Waals surface area contributed by atoms with Gasteiger partial charge in [0, 0.05) is 25.0 Å². The first-order chi connectivity index (χ1) is 9.97. The Morgan fingerprint density at radius 1 is 1.24 bits per heavy atom. The second-order valence-electron chi connectivity index (χ2n) is 5.47. The molecule has 0 saturated carbocycles. The van der Waals surface area contributed by atoms with Crippen molar-refractivity contribution < 1.29 is 8.78 Å². The Kier molecular flexibility index (Phi) is 5.07. The number of alkyl halides is 2. The summed E-state index contributed by atoms with van der Waals surface area (Å²) in [6.07, 6.45) is -2.38. The van der Waals surface area contributed by atoms with Crippen LogP contribution in [0.4, 0.5) is 14.6 Å². The van der Waals surface area contributed by atoms with E-state index in [1.54, 1.807) is 7.05 Å². The highest BCUT2D eigenvalue weighted by Gasteiger charge is 2.14. The molecule has 1 heterocycles. The number of aromatic nitrogens is 1. The number of fused-ring (bicyclic) bond motifs is 1. The maximum atomic E-state index is 12.6. The predicted molar refractivity (Wildman–Crippen MR) is 83.0 cm³/mol. The quantitative estimate of drug-likeness (QED) is 0.884. The summed E-state index contributed by atoms with van der Waals surface area (Å²) in [6, 6.07) is 10.1. The Morgan fingerprint density at radius 3 is 2.62 bits per heavy atom. The van der Waals surface area contributed by atoms with Gasteiger partial charge in [-0.15, -0.1) is 0 Å². The van der Waals surface area contributed by atoms with Gasteiger partial charge in [0.1, 0.15) is 5.82 Å². The van der Waals surface area contributed by atoms with E-state index in [1.165, 1.54) is 4.90 Å². The number of anilines is 1. The molecule has 0 bridgehead atoms. The third-order valence-electron chi connectivity index (χ3n) is 3.24. The van der Waals surface area contributed by atoms with Crippen LogP contribution in [-0.4, -0.2) is 31.0 Å². The lowest BCUT2D eigenvalue weighted by Gasteiger charge is -2.21. The van der Waals surface area contributed by atoms with Crippen molar-refractivity contribution in [3.05, 3.63) is 36.0 Å². The van der Waals surface area contributed by atoms with E-state index in [9.17, 15) is 8.78 Å². The van der Waals surface area contributed by atoms with Crippen LogP contribution in [-0.2, 0) is 6.54 Å². The molecular weight excluding hydrogens is 272 g/mol. The molecule has 5 heteroatoms. The van der Waals surface area contributed by atoms with Crippen molar-refractivity contribution in [1.82, 2.24) is 10.3 Å². The van der Waals surface area contributed by atoms with Gasteiger partial charge >= 0.3 is 0 Å². The molecule has 0 amide bonds. The molecule has 3 nitrogen and oxygen atoms in total. The van der Waals surface area contributed by atoms with E-state index in [0.29, 0.717) is 18.4 Å². The lowest BCUT2D eigenvalue weighted by atomic mass is 10.1. The fourth-order valence-electron chi connectivity index (χ4n) is 2.22. The maximum absolute atomic E-state index is 12.6. The van der Waals surface area contributed by atoms with Gasteiger partial charge in [0.2, 0.25) is 0 Å². The first-order valence-electron chi connectivity index (χ1n) is 7.08. The topological polar surface area (TPSA) is 28.2 Å². The van der Waals surface area contributed by atoms with Gasteiger partial charge in [0.15, 0.2) is 0 Å². The Bertz CT molecular complexity index is 599. The number of hydrogen-bond acceptors (Lipinski definition) is 3. The van der Waals surface area contributed by atoms with Crippen LogP contribution >= 0.6 is 0 Å². The minimum Gasteiger partial charge on any atom is -0.353 e. The average Bonchev–Trinajstić information content (AvgIpc) is 2.43. The summed E-state index contributed by atoms with van der Waals surface area (Å²) in [5.74, 6) is 0.606. The van der Waals surface area contributed by atoms with Gasteiger partial charge in [-0.25, -0.2) is 13.8 Å². The van der Waals surface area contributed by atoms with E-state index in [-0.39, 0.29) is 6.54 Å². The van der Waals surface area contributed by atoms with Crippen molar-refractivity contribution in [1.29, 1.82) is 0 Å². The minimum atomic E-state index is -2.38. The van der Waals surface area contributed by atoms with Crippen LogP contribution in [0, 0.1) is 0 Å². The molecule has 0 spiro atoms. The molecular formula is C16H21F2N3. The largest absolute Gasteiger partial charge is 0.353 e. The number of nitrogens with zero attached hydrogens (tertiary/aromatic N) is 2. The van der Waals surface area contributed by atoms with Crippen LogP contribution in [0.25, 0.3) is 10.8 Å². The molecule has 21 heavy (non-hydrogen) atoms. The van der Waals surface area contributed by atoms with Crippen LogP contribution in [0.5, 0.6) is 0 Å². The Morgan fingerprint density at radius 2 is 1.95 bits per heavy atom. The molecule has 0 atom stereocenters. The number of pyridine rings is 1. The van der Waals surface area contributed by atoms with Crippen LogP contribution < -0.4 is 10.2 Å². The second-order valence-corrected chi connectivity index (χ2v) is 5.47. The summed E-state index contributed by atoms with van der Waals surface area (Å²) in [7, 11) is 1.65. The highest BCUT2D eigenvalue weighted by molar-refractivity contribution is 5.92. The maximum Gasteiger partial charge on any atom is 0.255 e. The van der Waals surface area contributed by atoms with Crippen molar-refractivity contribution in [2.24, 2.45) is 0 Å². The number of benzene rings is 1. The van der Waals surface area contributed by atoms with E-state index < -0.39 is 6.43 Å². The van der Waals surface area contributed by atoms with Gasteiger partial charge in [-0.1, -0.05) is 38.1 Å². The average molecular weight is 293 g/mol. The second kappa shape index (κ2) is 6.80. The van der Waals surface area contributed by atoms with Gasteiger partial charge in [-0.2, -0.15) is 0 Å². The van der Waals surface area contributed by atoms with Crippen molar-refractivity contribution >= 4 is 16.6 Å². The zero-order chi connectivity index (χ0) is 15.4. The molecule has 1 N–H and O–H groups in total. The molecule has 0 aliphatic heterocycles. The third-order valence-corrected chi connectivity index (χ3v) is 3.24. The van der Waals surface area contributed by atoms with Gasteiger partial charge in [-0.05, 0) is 11.5 Å². The smallest absolute Gasteiger partial charge is 0.255 e. The van der Waals surface area contributed by atoms with Crippen molar-refractivity contribution in [3.63, 3.8) is 0 Å². The first-order valence-corrected chi connectivity index (χ1v) is 7.08. The Balaban J connectivity index is 2.40. The fourth-order valence-corrected chi connectivity index (χ4v) is 2.22. The van der Waals surface area contributed by atoms with Gasteiger partial charge in [0.25, 0.3) is 6.43 Å². The predicted octanol–water partition coefficient (Wildman–Crippen LogP) is 3.43. The molecule has 0 radical (unpaired) electrons. The molecule has 0 unspecified atom stereocenters. The van der Waals surface area contributed by atoms with E-state index in [1.807, 2.05) is 30.3 Å². The number of nitrogens with one attached hydrogen (secondary N) is 1. The normalized spacial score (nSPS) is 11.6. The summed E-state index contributed by atoms with van der Waals surface area (Å²) in [4.78, 5) is 6.08. The zero-order valence-corrected chi connectivity index (χ0v) is 12.6. The molecule has 1 aromatic heterocycles. The highest BCUT2D eigenvalue weighted by Crippen LogP contribution is 2.25. The molecule has 0 saturated heterocycles. The SMILES string of the molecule is CC(C)NCc1cc2ccccc2c(N(C)CC(F)F)n1. The minimum absolute atomic E-state index is 0.321. The zero-order valence-electron chi connectivity index (χ0n) is 12.6. The molecule has 114 valence electrons. The summed E-state index contributed by atoms with van der Waals surface area (Å²) >= 11 is 0. The molecule has 2 aromatic rings. The van der Waals surface area contributed by atoms with E-state index >= 15 is 0 Å². The monoisotopic (exact) mass is 293 g/mol.